The van der Waals surface area contributed by atoms with Crippen LogP contribution in [0.15, 0.2) is 23.4 Å². The summed E-state index contributed by atoms with van der Waals surface area (Å²) >= 11 is 0. The Balaban J connectivity index is 2.66. The number of benzene rings is 1. The van der Waals surface area contributed by atoms with Crippen molar-refractivity contribution < 1.29 is 9.94 Å². The van der Waals surface area contributed by atoms with Gasteiger partial charge in [0.25, 0.3) is 0 Å². The lowest BCUT2D eigenvalue weighted by Crippen LogP contribution is -1.98. The van der Waals surface area contributed by atoms with E-state index in [0.29, 0.717) is 0 Å². The minimum Gasteiger partial charge on any atom is -0.493 e. The number of oxime groups is 1. The van der Waals surface area contributed by atoms with Gasteiger partial charge < -0.3 is 9.94 Å². The van der Waals surface area contributed by atoms with Crippen LogP contribution in [0.2, 0.25) is 0 Å². The molecule has 0 saturated heterocycles. The molecule has 82 valence electrons. The van der Waals surface area contributed by atoms with Crippen molar-refractivity contribution in [2.75, 3.05) is 6.61 Å². The first-order valence-electron chi connectivity index (χ1n) is 5.18. The molecule has 0 fully saturated rings. The van der Waals surface area contributed by atoms with Crippen LogP contribution >= 0.6 is 0 Å². The third-order valence-corrected chi connectivity index (χ3v) is 2.16. The van der Waals surface area contributed by atoms with Crippen LogP contribution in [-0.2, 0) is 0 Å². The van der Waals surface area contributed by atoms with Crippen LogP contribution < -0.4 is 4.74 Å². The number of ether oxygens (including phenoxy) is 1. The van der Waals surface area contributed by atoms with Crippen LogP contribution in [0, 0.1) is 6.92 Å². The molecule has 1 rings (SSSR count). The maximum atomic E-state index is 8.39. The molecule has 3 heteroatoms. The van der Waals surface area contributed by atoms with Crippen LogP contribution in [0.3, 0.4) is 0 Å². The second kappa shape index (κ2) is 6.06. The highest BCUT2D eigenvalue weighted by Gasteiger charge is 1.99. The van der Waals surface area contributed by atoms with Crippen molar-refractivity contribution in [3.8, 4) is 5.75 Å². The zero-order valence-electron chi connectivity index (χ0n) is 9.23. The summed E-state index contributed by atoms with van der Waals surface area (Å²) < 4.78 is 5.60. The molecule has 0 aliphatic carbocycles. The fourth-order valence-electron chi connectivity index (χ4n) is 1.31. The first-order chi connectivity index (χ1) is 7.27. The number of unbranched alkanes of at least 4 members (excludes halogenated alkanes) is 1. The molecule has 0 aromatic heterocycles. The molecule has 0 unspecified atom stereocenters. The van der Waals surface area contributed by atoms with Crippen LogP contribution in [-0.4, -0.2) is 18.0 Å². The lowest BCUT2D eigenvalue weighted by Gasteiger charge is -2.08. The van der Waals surface area contributed by atoms with E-state index in [1.165, 1.54) is 6.21 Å². The molecule has 0 heterocycles. The summed E-state index contributed by atoms with van der Waals surface area (Å²) in [6, 6.07) is 5.71. The van der Waals surface area contributed by atoms with E-state index in [4.69, 9.17) is 9.94 Å². The highest BCUT2D eigenvalue weighted by molar-refractivity contribution is 5.79. The normalized spacial score (nSPS) is 10.8. The maximum absolute atomic E-state index is 8.39. The lowest BCUT2D eigenvalue weighted by molar-refractivity contribution is 0.307. The molecule has 0 spiro atoms. The number of aryl methyl sites for hydroxylation is 1. The van der Waals surface area contributed by atoms with Crippen molar-refractivity contribution in [1.82, 2.24) is 0 Å². The van der Waals surface area contributed by atoms with Gasteiger partial charge in [-0.3, -0.25) is 0 Å². The molecule has 0 bridgehead atoms. The van der Waals surface area contributed by atoms with Gasteiger partial charge >= 0.3 is 0 Å². The third-order valence-electron chi connectivity index (χ3n) is 2.16. The van der Waals surface area contributed by atoms with Crippen molar-refractivity contribution in [3.05, 3.63) is 29.3 Å². The molecule has 3 nitrogen and oxygen atoms in total. The Kier molecular flexibility index (Phi) is 4.68. The molecule has 0 aliphatic rings. The summed E-state index contributed by atoms with van der Waals surface area (Å²) in [4.78, 5) is 0. The Morgan fingerprint density at radius 2 is 2.27 bits per heavy atom. The molecular formula is C12H17NO2. The summed E-state index contributed by atoms with van der Waals surface area (Å²) in [5.41, 5.74) is 1.93. The van der Waals surface area contributed by atoms with Gasteiger partial charge in [-0.2, -0.15) is 0 Å². The zero-order chi connectivity index (χ0) is 11.1. The van der Waals surface area contributed by atoms with Gasteiger partial charge in [-0.15, -0.1) is 0 Å². The van der Waals surface area contributed by atoms with Crippen molar-refractivity contribution >= 4 is 6.21 Å². The minimum absolute atomic E-state index is 0.755. The molecular weight excluding hydrogens is 190 g/mol. The highest BCUT2D eigenvalue weighted by Crippen LogP contribution is 2.18. The third kappa shape index (κ3) is 3.62. The molecule has 1 aromatic carbocycles. The van der Waals surface area contributed by atoms with Crippen LogP contribution in [0.1, 0.15) is 30.9 Å². The average molecular weight is 207 g/mol. The maximum Gasteiger partial charge on any atom is 0.122 e. The molecule has 1 N–H and O–H groups in total. The first-order valence-corrected chi connectivity index (χ1v) is 5.18. The van der Waals surface area contributed by atoms with Gasteiger partial charge in [0.2, 0.25) is 0 Å². The van der Waals surface area contributed by atoms with E-state index < -0.39 is 0 Å². The van der Waals surface area contributed by atoms with E-state index in [-0.39, 0.29) is 0 Å². The molecule has 1 aromatic rings. The van der Waals surface area contributed by atoms with E-state index in [0.717, 1.165) is 36.3 Å². The number of hydrogen-bond donors (Lipinski definition) is 1. The fourth-order valence-corrected chi connectivity index (χ4v) is 1.31. The topological polar surface area (TPSA) is 41.8 Å². The lowest BCUT2D eigenvalue weighted by atomic mass is 10.1. The Morgan fingerprint density at radius 3 is 2.87 bits per heavy atom. The molecule has 0 aliphatic heterocycles. The average Bonchev–Trinajstić information content (AvgIpc) is 2.22. The largest absolute Gasteiger partial charge is 0.493 e. The Hall–Kier alpha value is -1.51. The monoisotopic (exact) mass is 207 g/mol. The van der Waals surface area contributed by atoms with E-state index in [1.54, 1.807) is 0 Å². The number of hydrogen-bond acceptors (Lipinski definition) is 3. The summed E-state index contributed by atoms with van der Waals surface area (Å²) in [7, 11) is 0. The summed E-state index contributed by atoms with van der Waals surface area (Å²) in [5, 5.41) is 11.4. The van der Waals surface area contributed by atoms with Gasteiger partial charge in [-0.25, -0.2) is 0 Å². The van der Waals surface area contributed by atoms with Gasteiger partial charge in [0.15, 0.2) is 0 Å². The van der Waals surface area contributed by atoms with Gasteiger partial charge in [-0.1, -0.05) is 18.5 Å². The summed E-state index contributed by atoms with van der Waals surface area (Å²) in [6.07, 6.45) is 3.61. The van der Waals surface area contributed by atoms with Gasteiger partial charge in [0, 0.05) is 0 Å². The zero-order valence-corrected chi connectivity index (χ0v) is 9.23. The van der Waals surface area contributed by atoms with E-state index >= 15 is 0 Å². The van der Waals surface area contributed by atoms with Crippen molar-refractivity contribution in [2.24, 2.45) is 5.16 Å². The van der Waals surface area contributed by atoms with Crippen molar-refractivity contribution in [3.63, 3.8) is 0 Å². The van der Waals surface area contributed by atoms with Crippen LogP contribution in [0.5, 0.6) is 5.75 Å². The predicted molar refractivity (Wildman–Crippen MR) is 61.0 cm³/mol. The quantitative estimate of drug-likeness (QED) is 0.349. The van der Waals surface area contributed by atoms with Crippen molar-refractivity contribution in [1.29, 1.82) is 0 Å². The second-order valence-electron chi connectivity index (χ2n) is 3.47. The molecule has 0 amide bonds. The Bertz CT molecular complexity index is 334. The van der Waals surface area contributed by atoms with Crippen LogP contribution in [0.4, 0.5) is 0 Å². The molecule has 0 radical (unpaired) electrons. The second-order valence-corrected chi connectivity index (χ2v) is 3.47. The van der Waals surface area contributed by atoms with Crippen molar-refractivity contribution in [2.45, 2.75) is 26.7 Å². The smallest absolute Gasteiger partial charge is 0.122 e. The van der Waals surface area contributed by atoms with E-state index in [9.17, 15) is 0 Å². The Labute approximate surface area is 90.4 Å². The number of nitrogens with zero attached hydrogens (tertiary/aromatic N) is 1. The van der Waals surface area contributed by atoms with Gasteiger partial charge in [0.05, 0.1) is 12.8 Å². The van der Waals surface area contributed by atoms with E-state index in [2.05, 4.69) is 12.1 Å². The summed E-state index contributed by atoms with van der Waals surface area (Å²) in [6.45, 7) is 4.87. The number of rotatable bonds is 5. The highest BCUT2D eigenvalue weighted by atomic mass is 16.5. The first kappa shape index (κ1) is 11.6. The SMILES string of the molecule is CCCCOc1ccc(/C=N\O)cc1C. The minimum atomic E-state index is 0.755. The molecule has 0 atom stereocenters. The standard InChI is InChI=1S/C12H17NO2/c1-3-4-7-15-12-6-5-11(9-13-14)8-10(12)2/h5-6,8-9,14H,3-4,7H2,1-2H3/b13-9-. The van der Waals surface area contributed by atoms with Gasteiger partial charge in [0.1, 0.15) is 5.75 Å². The fraction of sp³-hybridized carbons (Fsp3) is 0.417. The predicted octanol–water partition coefficient (Wildman–Crippen LogP) is 2.98. The molecule has 15 heavy (non-hydrogen) atoms. The summed E-state index contributed by atoms with van der Waals surface area (Å²) in [5.74, 6) is 0.901. The van der Waals surface area contributed by atoms with Gasteiger partial charge in [-0.05, 0) is 42.7 Å². The van der Waals surface area contributed by atoms with Crippen LogP contribution in [0.25, 0.3) is 0 Å². The molecule has 0 saturated carbocycles. The van der Waals surface area contributed by atoms with E-state index in [1.807, 2.05) is 25.1 Å². The Morgan fingerprint density at radius 1 is 1.47 bits per heavy atom.